The fourth-order valence-corrected chi connectivity index (χ4v) is 4.97. The van der Waals surface area contributed by atoms with Gasteiger partial charge in [-0.25, -0.2) is 4.79 Å². The zero-order valence-corrected chi connectivity index (χ0v) is 17.3. The van der Waals surface area contributed by atoms with Gasteiger partial charge in [-0.15, -0.1) is 11.3 Å². The van der Waals surface area contributed by atoms with Crippen LogP contribution in [0.25, 0.3) is 10.2 Å². The monoisotopic (exact) mass is 460 g/mol. The molecule has 168 valence electrons. The first-order valence-corrected chi connectivity index (χ1v) is 10.4. The van der Waals surface area contributed by atoms with Crippen LogP contribution in [0.15, 0.2) is 9.59 Å². The van der Waals surface area contributed by atoms with Gasteiger partial charge < -0.3 is 15.0 Å². The van der Waals surface area contributed by atoms with Gasteiger partial charge in [0.25, 0.3) is 5.56 Å². The zero-order chi connectivity index (χ0) is 22.5. The number of fused-ring (bicyclic) bond motifs is 1. The molecule has 9 nitrogen and oxygen atoms in total. The SMILES string of the molecule is Cc1c(CN2CCNC(=O)C2=O)sc2c1c(=O)n(C1COC1)c(=O)n2CCC(F)(F)F. The molecule has 0 spiro atoms. The van der Waals surface area contributed by atoms with E-state index in [0.717, 1.165) is 20.5 Å². The number of piperazine rings is 1. The predicted octanol–water partition coefficient (Wildman–Crippen LogP) is 0.515. The number of nitrogens with zero attached hydrogens (tertiary/aromatic N) is 3. The number of alkyl halides is 3. The standard InChI is InChI=1S/C18H19F3N4O5S/c1-9-11(6-23-5-3-22-13(26)15(23)28)31-16-12(9)14(27)25(10-7-30-8-10)17(29)24(16)4-2-18(19,20)21/h10H,2-8H2,1H3,(H,22,26). The maximum Gasteiger partial charge on any atom is 0.390 e. The summed E-state index contributed by atoms with van der Waals surface area (Å²) >= 11 is 0.998. The summed E-state index contributed by atoms with van der Waals surface area (Å²) in [5, 5.41) is 2.59. The topological polar surface area (TPSA) is 103 Å². The van der Waals surface area contributed by atoms with Gasteiger partial charge in [0.05, 0.1) is 37.6 Å². The molecular formula is C18H19F3N4O5S. The van der Waals surface area contributed by atoms with Crippen molar-refractivity contribution in [2.45, 2.75) is 38.7 Å². The Balaban J connectivity index is 1.83. The molecule has 2 amide bonds. The van der Waals surface area contributed by atoms with Crippen molar-refractivity contribution >= 4 is 33.4 Å². The number of carbonyl (C=O) groups is 2. The number of amides is 2. The molecule has 0 unspecified atom stereocenters. The zero-order valence-electron chi connectivity index (χ0n) is 16.5. The van der Waals surface area contributed by atoms with E-state index in [2.05, 4.69) is 5.32 Å². The Labute approximate surface area is 177 Å². The maximum absolute atomic E-state index is 13.1. The van der Waals surface area contributed by atoms with Crippen molar-refractivity contribution < 1.29 is 27.5 Å². The number of halogens is 3. The highest BCUT2D eigenvalue weighted by Gasteiger charge is 2.32. The molecule has 0 bridgehead atoms. The second-order valence-electron chi connectivity index (χ2n) is 7.48. The minimum Gasteiger partial charge on any atom is -0.377 e. The van der Waals surface area contributed by atoms with Crippen LogP contribution >= 0.6 is 11.3 Å². The summed E-state index contributed by atoms with van der Waals surface area (Å²) < 4.78 is 45.6. The first-order chi connectivity index (χ1) is 14.6. The first-order valence-electron chi connectivity index (χ1n) is 9.57. The van der Waals surface area contributed by atoms with E-state index in [0.29, 0.717) is 10.4 Å². The smallest absolute Gasteiger partial charge is 0.377 e. The normalized spacial score (nSPS) is 17.9. The van der Waals surface area contributed by atoms with E-state index in [1.165, 1.54) is 4.90 Å². The van der Waals surface area contributed by atoms with Crippen molar-refractivity contribution in [1.29, 1.82) is 0 Å². The Morgan fingerprint density at radius 1 is 1.19 bits per heavy atom. The van der Waals surface area contributed by atoms with Gasteiger partial charge >= 0.3 is 23.7 Å². The first kappa shape index (κ1) is 21.6. The Morgan fingerprint density at radius 2 is 1.90 bits per heavy atom. The third-order valence-corrected chi connectivity index (χ3v) is 6.73. The molecule has 2 fully saturated rings. The lowest BCUT2D eigenvalue weighted by molar-refractivity contribution is -0.148. The number of nitrogens with one attached hydrogen (secondary N) is 1. The van der Waals surface area contributed by atoms with Crippen molar-refractivity contribution in [2.24, 2.45) is 0 Å². The molecule has 0 aromatic carbocycles. The van der Waals surface area contributed by atoms with Crippen LogP contribution in [0.5, 0.6) is 0 Å². The molecule has 0 radical (unpaired) electrons. The number of rotatable bonds is 5. The molecule has 1 N–H and O–H groups in total. The predicted molar refractivity (Wildman–Crippen MR) is 104 cm³/mol. The van der Waals surface area contributed by atoms with Crippen LogP contribution < -0.4 is 16.6 Å². The molecule has 2 aliphatic rings. The lowest BCUT2D eigenvalue weighted by Gasteiger charge is -2.28. The lowest BCUT2D eigenvalue weighted by atomic mass is 10.1. The summed E-state index contributed by atoms with van der Waals surface area (Å²) in [6.45, 7) is 1.83. The Morgan fingerprint density at radius 3 is 2.52 bits per heavy atom. The number of aromatic nitrogens is 2. The van der Waals surface area contributed by atoms with E-state index in [4.69, 9.17) is 4.74 Å². The van der Waals surface area contributed by atoms with Crippen LogP contribution in [-0.4, -0.2) is 58.3 Å². The van der Waals surface area contributed by atoms with Crippen molar-refractivity contribution in [3.8, 4) is 0 Å². The maximum atomic E-state index is 13.1. The summed E-state index contributed by atoms with van der Waals surface area (Å²) in [5.41, 5.74) is -0.908. The third-order valence-electron chi connectivity index (χ3n) is 5.43. The average Bonchev–Trinajstić information content (AvgIpc) is 2.96. The van der Waals surface area contributed by atoms with Gasteiger partial charge in [0, 0.05) is 24.5 Å². The third kappa shape index (κ3) is 3.87. The second-order valence-corrected chi connectivity index (χ2v) is 8.56. The van der Waals surface area contributed by atoms with Crippen molar-refractivity contribution in [3.63, 3.8) is 0 Å². The molecule has 4 rings (SSSR count). The highest BCUT2D eigenvalue weighted by molar-refractivity contribution is 7.18. The minimum absolute atomic E-state index is 0.0247. The molecule has 0 saturated carbocycles. The van der Waals surface area contributed by atoms with Crippen LogP contribution in [0.3, 0.4) is 0 Å². The van der Waals surface area contributed by atoms with Gasteiger partial charge in [-0.05, 0) is 12.5 Å². The molecule has 2 aliphatic heterocycles. The fourth-order valence-electron chi connectivity index (χ4n) is 3.64. The average molecular weight is 460 g/mol. The van der Waals surface area contributed by atoms with E-state index in [1.54, 1.807) is 6.92 Å². The number of hydrogen-bond acceptors (Lipinski definition) is 6. The summed E-state index contributed by atoms with van der Waals surface area (Å²) in [5.74, 6) is -1.46. The van der Waals surface area contributed by atoms with Crippen LogP contribution in [0, 0.1) is 6.92 Å². The molecule has 2 aromatic rings. The fraction of sp³-hybridized carbons (Fsp3) is 0.556. The second kappa shape index (κ2) is 7.79. The molecule has 31 heavy (non-hydrogen) atoms. The molecule has 2 saturated heterocycles. The van der Waals surface area contributed by atoms with E-state index < -0.39 is 48.2 Å². The number of ether oxygens (including phenoxy) is 1. The van der Waals surface area contributed by atoms with Crippen LogP contribution in [0.2, 0.25) is 0 Å². The Kier molecular flexibility index (Phi) is 5.41. The molecule has 0 aliphatic carbocycles. The van der Waals surface area contributed by atoms with Crippen molar-refractivity contribution in [3.05, 3.63) is 31.3 Å². The number of aryl methyl sites for hydroxylation is 2. The van der Waals surface area contributed by atoms with Crippen LogP contribution in [0.1, 0.15) is 22.9 Å². The van der Waals surface area contributed by atoms with E-state index in [1.807, 2.05) is 0 Å². The number of carbonyl (C=O) groups excluding carboxylic acids is 2. The summed E-state index contributed by atoms with van der Waals surface area (Å²) in [4.78, 5) is 51.8. The van der Waals surface area contributed by atoms with Gasteiger partial charge in [-0.1, -0.05) is 0 Å². The highest BCUT2D eigenvalue weighted by atomic mass is 32.1. The number of thiophene rings is 1. The van der Waals surface area contributed by atoms with Gasteiger partial charge in [0.15, 0.2) is 0 Å². The molecular weight excluding hydrogens is 441 g/mol. The van der Waals surface area contributed by atoms with E-state index in [9.17, 15) is 32.3 Å². The summed E-state index contributed by atoms with van der Waals surface area (Å²) in [6, 6.07) is -0.531. The van der Waals surface area contributed by atoms with Crippen molar-refractivity contribution in [2.75, 3.05) is 26.3 Å². The van der Waals surface area contributed by atoms with E-state index >= 15 is 0 Å². The van der Waals surface area contributed by atoms with Gasteiger partial charge in [-0.2, -0.15) is 13.2 Å². The van der Waals surface area contributed by atoms with E-state index in [-0.39, 0.29) is 43.1 Å². The van der Waals surface area contributed by atoms with Gasteiger partial charge in [0.1, 0.15) is 4.83 Å². The molecule has 4 heterocycles. The minimum atomic E-state index is -4.48. The lowest BCUT2D eigenvalue weighted by Crippen LogP contribution is -2.51. The molecule has 2 aromatic heterocycles. The molecule has 13 heteroatoms. The largest absolute Gasteiger partial charge is 0.390 e. The Hall–Kier alpha value is -2.67. The quantitative estimate of drug-likeness (QED) is 0.656. The Bertz CT molecular complexity index is 1180. The van der Waals surface area contributed by atoms with Crippen LogP contribution in [0.4, 0.5) is 13.2 Å². The van der Waals surface area contributed by atoms with Crippen molar-refractivity contribution in [1.82, 2.24) is 19.4 Å². The van der Waals surface area contributed by atoms with Gasteiger partial charge in [0.2, 0.25) is 0 Å². The summed E-state index contributed by atoms with van der Waals surface area (Å²) in [7, 11) is 0. The van der Waals surface area contributed by atoms with Crippen LogP contribution in [-0.2, 0) is 27.4 Å². The highest BCUT2D eigenvalue weighted by Crippen LogP contribution is 2.31. The number of hydrogen-bond donors (Lipinski definition) is 1. The molecule has 0 atom stereocenters. The van der Waals surface area contributed by atoms with Gasteiger partial charge in [-0.3, -0.25) is 23.5 Å². The summed E-state index contributed by atoms with van der Waals surface area (Å²) in [6.07, 6.45) is -5.70.